The number of fused-ring (bicyclic) bond motifs is 1. The first-order valence-electron chi connectivity index (χ1n) is 9.04. The molecule has 1 N–H and O–H groups in total. The molecule has 0 saturated carbocycles. The van der Waals surface area contributed by atoms with Gasteiger partial charge in [0.15, 0.2) is 6.17 Å². The standard InChI is InChI=1S/C22H15Cl2N5O/c1-13-2-5-16(18-9-8-17(23)11-19(18)24)10-20-26-21(27-22(30)29(20)28-13)15-6-3-14(12-25)4-7-15/h2-11,20H,1H3,(H,26,27,30). The van der Waals surface area contributed by atoms with E-state index < -0.39 is 12.2 Å². The van der Waals surface area contributed by atoms with Crippen LogP contribution in [0.3, 0.4) is 0 Å². The number of carbonyl (C=O) groups excluding carboxylic acids is 1. The molecule has 2 aromatic carbocycles. The average molecular weight is 436 g/mol. The third-order valence-corrected chi connectivity index (χ3v) is 5.12. The zero-order valence-corrected chi connectivity index (χ0v) is 17.3. The van der Waals surface area contributed by atoms with Gasteiger partial charge in [-0.15, -0.1) is 0 Å². The number of halogens is 2. The molecule has 2 aromatic rings. The van der Waals surface area contributed by atoms with Crippen molar-refractivity contribution >= 4 is 46.4 Å². The van der Waals surface area contributed by atoms with Gasteiger partial charge in [0, 0.05) is 21.2 Å². The maximum absolute atomic E-state index is 12.8. The summed E-state index contributed by atoms with van der Waals surface area (Å²) >= 11 is 12.4. The van der Waals surface area contributed by atoms with Crippen LogP contribution >= 0.6 is 23.2 Å². The summed E-state index contributed by atoms with van der Waals surface area (Å²) in [6, 6.07) is 13.8. The molecule has 0 aliphatic carbocycles. The molecule has 30 heavy (non-hydrogen) atoms. The van der Waals surface area contributed by atoms with Crippen LogP contribution in [0.1, 0.15) is 23.6 Å². The van der Waals surface area contributed by atoms with E-state index in [1.165, 1.54) is 5.01 Å². The van der Waals surface area contributed by atoms with Crippen LogP contribution in [0.4, 0.5) is 4.79 Å². The van der Waals surface area contributed by atoms with Gasteiger partial charge in [0.1, 0.15) is 5.84 Å². The zero-order chi connectivity index (χ0) is 21.3. The summed E-state index contributed by atoms with van der Waals surface area (Å²) in [6.07, 6.45) is 4.84. The van der Waals surface area contributed by atoms with E-state index >= 15 is 0 Å². The Kier molecular flexibility index (Phi) is 5.40. The van der Waals surface area contributed by atoms with Crippen molar-refractivity contribution in [3.8, 4) is 6.07 Å². The number of amides is 2. The smallest absolute Gasteiger partial charge is 0.290 e. The Bertz CT molecular complexity index is 1190. The normalized spacial score (nSPS) is 18.2. The topological polar surface area (TPSA) is 80.9 Å². The first kappa shape index (κ1) is 19.9. The predicted octanol–water partition coefficient (Wildman–Crippen LogP) is 4.99. The van der Waals surface area contributed by atoms with Gasteiger partial charge in [-0.3, -0.25) is 5.32 Å². The Hall–Kier alpha value is -3.40. The number of urea groups is 1. The SMILES string of the molecule is CC1=NN2C(=O)NC(c3ccc(C#N)cc3)=NC2C=C(c2ccc(Cl)cc2Cl)C=C1. The van der Waals surface area contributed by atoms with Gasteiger partial charge >= 0.3 is 6.03 Å². The minimum atomic E-state index is -0.675. The lowest BCUT2D eigenvalue weighted by Crippen LogP contribution is -2.50. The molecule has 0 spiro atoms. The van der Waals surface area contributed by atoms with E-state index in [0.717, 1.165) is 11.1 Å². The van der Waals surface area contributed by atoms with Crippen molar-refractivity contribution in [1.29, 1.82) is 5.26 Å². The summed E-state index contributed by atoms with van der Waals surface area (Å²) in [5, 5.41) is 18.4. The molecule has 0 bridgehead atoms. The summed E-state index contributed by atoms with van der Waals surface area (Å²) < 4.78 is 0. The first-order chi connectivity index (χ1) is 14.4. The maximum Gasteiger partial charge on any atom is 0.345 e. The van der Waals surface area contributed by atoms with Crippen LogP contribution in [0.5, 0.6) is 0 Å². The Morgan fingerprint density at radius 1 is 1.13 bits per heavy atom. The fraction of sp³-hybridized carbons (Fsp3) is 0.0909. The number of nitrogens with zero attached hydrogens (tertiary/aromatic N) is 4. The molecule has 6 nitrogen and oxygen atoms in total. The van der Waals surface area contributed by atoms with Crippen molar-refractivity contribution in [2.75, 3.05) is 0 Å². The van der Waals surface area contributed by atoms with Crippen molar-refractivity contribution in [2.24, 2.45) is 10.1 Å². The van der Waals surface area contributed by atoms with Crippen LogP contribution in [0, 0.1) is 11.3 Å². The van der Waals surface area contributed by atoms with Crippen LogP contribution < -0.4 is 5.32 Å². The lowest BCUT2D eigenvalue weighted by atomic mass is 10.0. The number of amidine groups is 1. The highest BCUT2D eigenvalue weighted by atomic mass is 35.5. The van der Waals surface area contributed by atoms with Gasteiger partial charge in [0.2, 0.25) is 0 Å². The molecular formula is C22H15Cl2N5O. The minimum Gasteiger partial charge on any atom is -0.290 e. The number of carbonyl (C=O) groups is 1. The second kappa shape index (κ2) is 8.15. The van der Waals surface area contributed by atoms with Crippen molar-refractivity contribution in [1.82, 2.24) is 10.3 Å². The lowest BCUT2D eigenvalue weighted by Gasteiger charge is -2.30. The van der Waals surface area contributed by atoms with Crippen LogP contribution in [-0.4, -0.2) is 28.8 Å². The van der Waals surface area contributed by atoms with Gasteiger partial charge in [-0.05, 0) is 61.0 Å². The summed E-state index contributed by atoms with van der Waals surface area (Å²) in [5.41, 5.74) is 3.42. The number of allylic oxidation sites excluding steroid dienone is 3. The Labute approximate surface area is 183 Å². The summed E-state index contributed by atoms with van der Waals surface area (Å²) in [7, 11) is 0. The highest BCUT2D eigenvalue weighted by Crippen LogP contribution is 2.30. The third-order valence-electron chi connectivity index (χ3n) is 4.57. The Morgan fingerprint density at radius 2 is 1.90 bits per heavy atom. The number of nitriles is 1. The predicted molar refractivity (Wildman–Crippen MR) is 119 cm³/mol. The molecule has 4 rings (SSSR count). The molecule has 2 heterocycles. The van der Waals surface area contributed by atoms with E-state index in [4.69, 9.17) is 28.5 Å². The van der Waals surface area contributed by atoms with Crippen molar-refractivity contribution in [3.63, 3.8) is 0 Å². The lowest BCUT2D eigenvalue weighted by molar-refractivity contribution is 0.191. The second-order valence-corrected chi connectivity index (χ2v) is 7.52. The largest absolute Gasteiger partial charge is 0.345 e. The fourth-order valence-electron chi connectivity index (χ4n) is 3.09. The molecule has 1 unspecified atom stereocenters. The van der Waals surface area contributed by atoms with Crippen molar-refractivity contribution in [2.45, 2.75) is 13.1 Å². The van der Waals surface area contributed by atoms with Gasteiger partial charge in [-0.1, -0.05) is 35.3 Å². The van der Waals surface area contributed by atoms with Crippen molar-refractivity contribution in [3.05, 3.63) is 87.4 Å². The maximum atomic E-state index is 12.8. The monoisotopic (exact) mass is 435 g/mol. The van der Waals surface area contributed by atoms with Gasteiger partial charge in [-0.25, -0.2) is 9.79 Å². The molecule has 0 fully saturated rings. The number of benzene rings is 2. The third kappa shape index (κ3) is 3.99. The molecular weight excluding hydrogens is 421 g/mol. The highest BCUT2D eigenvalue weighted by molar-refractivity contribution is 6.35. The molecule has 2 aliphatic heterocycles. The number of hydrazone groups is 1. The molecule has 148 valence electrons. The summed E-state index contributed by atoms with van der Waals surface area (Å²) in [6.45, 7) is 1.80. The van der Waals surface area contributed by atoms with E-state index in [9.17, 15) is 4.79 Å². The molecule has 0 aromatic heterocycles. The van der Waals surface area contributed by atoms with Gasteiger partial charge in [0.05, 0.1) is 17.3 Å². The molecule has 2 amide bonds. The van der Waals surface area contributed by atoms with E-state index in [2.05, 4.69) is 21.5 Å². The Morgan fingerprint density at radius 3 is 2.60 bits per heavy atom. The average Bonchev–Trinajstić information content (AvgIpc) is 2.72. The number of nitrogens with one attached hydrogen (secondary N) is 1. The van der Waals surface area contributed by atoms with E-state index in [1.54, 1.807) is 49.4 Å². The van der Waals surface area contributed by atoms with Gasteiger partial charge in [0.25, 0.3) is 0 Å². The number of hydrogen-bond donors (Lipinski definition) is 1. The highest BCUT2D eigenvalue weighted by Gasteiger charge is 2.30. The minimum absolute atomic E-state index is 0.401. The fourth-order valence-corrected chi connectivity index (χ4v) is 3.61. The van der Waals surface area contributed by atoms with Crippen LogP contribution in [-0.2, 0) is 0 Å². The summed E-state index contributed by atoms with van der Waals surface area (Å²) in [4.78, 5) is 17.5. The summed E-state index contributed by atoms with van der Waals surface area (Å²) in [5.74, 6) is 0.404. The quantitative estimate of drug-likeness (QED) is 0.720. The van der Waals surface area contributed by atoms with E-state index in [1.807, 2.05) is 18.2 Å². The van der Waals surface area contributed by atoms with Crippen LogP contribution in [0.25, 0.3) is 5.57 Å². The molecule has 8 heteroatoms. The number of rotatable bonds is 2. The molecule has 2 aliphatic rings. The Balaban J connectivity index is 1.81. The van der Waals surface area contributed by atoms with Crippen molar-refractivity contribution < 1.29 is 4.79 Å². The molecule has 0 saturated heterocycles. The molecule has 1 atom stereocenters. The first-order valence-corrected chi connectivity index (χ1v) is 9.79. The molecule has 0 radical (unpaired) electrons. The second-order valence-electron chi connectivity index (χ2n) is 6.68. The van der Waals surface area contributed by atoms with Crippen LogP contribution in [0.15, 0.2) is 70.8 Å². The van der Waals surface area contributed by atoms with Gasteiger partial charge < -0.3 is 0 Å². The van der Waals surface area contributed by atoms with Gasteiger partial charge in [-0.2, -0.15) is 15.4 Å². The number of aliphatic imine (C=N–C) groups is 1. The van der Waals surface area contributed by atoms with Crippen LogP contribution in [0.2, 0.25) is 10.0 Å². The van der Waals surface area contributed by atoms with E-state index in [0.29, 0.717) is 32.7 Å². The van der Waals surface area contributed by atoms with E-state index in [-0.39, 0.29) is 0 Å². The zero-order valence-electron chi connectivity index (χ0n) is 15.8. The number of hydrogen-bond acceptors (Lipinski definition) is 4.